The fourth-order valence-corrected chi connectivity index (χ4v) is 1.99. The van der Waals surface area contributed by atoms with Gasteiger partial charge in [-0.2, -0.15) is 0 Å². The van der Waals surface area contributed by atoms with E-state index in [-0.39, 0.29) is 6.61 Å². The smallest absolute Gasteiger partial charge is 0.0772 e. The molecule has 0 unspecified atom stereocenters. The Bertz CT molecular complexity index is 556. The molecule has 0 saturated heterocycles. The minimum atomic E-state index is 0.0483. The van der Waals surface area contributed by atoms with Gasteiger partial charge in [-0.25, -0.2) is 0 Å². The van der Waals surface area contributed by atoms with Crippen LogP contribution in [-0.4, -0.2) is 11.7 Å². The maximum absolute atomic E-state index is 8.78. The minimum Gasteiger partial charge on any atom is -0.392 e. The molecule has 0 fully saturated rings. The standard InChI is InChI=1S/C15H12OS/c16-11-3-7-13-5-1-2-6-14(13)9-10-15-8-4-12-17-15/h1-8,12,16H,11H2/b7-3+. The molecule has 1 heterocycles. The van der Waals surface area contributed by atoms with Gasteiger partial charge in [-0.1, -0.05) is 48.3 Å². The summed E-state index contributed by atoms with van der Waals surface area (Å²) in [6, 6.07) is 11.9. The summed E-state index contributed by atoms with van der Waals surface area (Å²) in [6.45, 7) is 0.0483. The van der Waals surface area contributed by atoms with Crippen LogP contribution in [0.15, 0.2) is 47.9 Å². The number of rotatable bonds is 2. The number of benzene rings is 1. The molecule has 0 aliphatic rings. The molecule has 17 heavy (non-hydrogen) atoms. The normalized spacial score (nSPS) is 10.2. The summed E-state index contributed by atoms with van der Waals surface area (Å²) in [7, 11) is 0. The molecule has 0 aliphatic heterocycles. The Kier molecular flexibility index (Phi) is 4.15. The predicted molar refractivity (Wildman–Crippen MR) is 72.9 cm³/mol. The first-order valence-electron chi connectivity index (χ1n) is 5.32. The first-order chi connectivity index (χ1) is 8.40. The monoisotopic (exact) mass is 240 g/mol. The molecule has 0 atom stereocenters. The Hall–Kier alpha value is -1.82. The second-order valence-electron chi connectivity index (χ2n) is 3.40. The molecule has 0 spiro atoms. The predicted octanol–water partition coefficient (Wildman–Crippen LogP) is 3.15. The molecule has 2 heteroatoms. The molecule has 84 valence electrons. The molecule has 1 aromatic heterocycles. The van der Waals surface area contributed by atoms with E-state index in [9.17, 15) is 0 Å². The summed E-state index contributed by atoms with van der Waals surface area (Å²) in [5.41, 5.74) is 2.01. The van der Waals surface area contributed by atoms with Crippen LogP contribution in [0.3, 0.4) is 0 Å². The zero-order valence-electron chi connectivity index (χ0n) is 9.26. The Balaban J connectivity index is 2.29. The Labute approximate surface area is 105 Å². The van der Waals surface area contributed by atoms with E-state index in [0.29, 0.717) is 0 Å². The number of hydrogen-bond acceptors (Lipinski definition) is 2. The molecule has 0 radical (unpaired) electrons. The van der Waals surface area contributed by atoms with Gasteiger partial charge in [0.15, 0.2) is 0 Å². The van der Waals surface area contributed by atoms with Crippen molar-refractivity contribution in [3.63, 3.8) is 0 Å². The number of hydrogen-bond donors (Lipinski definition) is 1. The van der Waals surface area contributed by atoms with E-state index >= 15 is 0 Å². The third-order valence-electron chi connectivity index (χ3n) is 2.21. The maximum Gasteiger partial charge on any atom is 0.0772 e. The molecule has 1 aromatic carbocycles. The highest BCUT2D eigenvalue weighted by Crippen LogP contribution is 2.11. The van der Waals surface area contributed by atoms with Crippen LogP contribution in [0.5, 0.6) is 0 Å². The van der Waals surface area contributed by atoms with Crippen molar-refractivity contribution in [1.29, 1.82) is 0 Å². The molecule has 1 N–H and O–H groups in total. The van der Waals surface area contributed by atoms with Crippen LogP contribution in [0, 0.1) is 11.8 Å². The van der Waals surface area contributed by atoms with Gasteiger partial charge in [0.05, 0.1) is 11.5 Å². The van der Waals surface area contributed by atoms with Crippen LogP contribution in [0.25, 0.3) is 6.08 Å². The lowest BCUT2D eigenvalue weighted by atomic mass is 10.1. The van der Waals surface area contributed by atoms with Crippen molar-refractivity contribution in [2.45, 2.75) is 0 Å². The summed E-state index contributed by atoms with van der Waals surface area (Å²) in [6.07, 6.45) is 3.60. The van der Waals surface area contributed by atoms with Crippen LogP contribution in [0.4, 0.5) is 0 Å². The van der Waals surface area contributed by atoms with Crippen LogP contribution in [0.2, 0.25) is 0 Å². The van der Waals surface area contributed by atoms with Crippen molar-refractivity contribution in [3.05, 3.63) is 63.9 Å². The number of aliphatic hydroxyl groups is 1. The molecule has 0 bridgehead atoms. The van der Waals surface area contributed by atoms with Crippen LogP contribution in [-0.2, 0) is 0 Å². The molecule has 2 aromatic rings. The van der Waals surface area contributed by atoms with Gasteiger partial charge in [-0.05, 0) is 23.1 Å². The second kappa shape index (κ2) is 6.05. The molecule has 2 rings (SSSR count). The van der Waals surface area contributed by atoms with Crippen molar-refractivity contribution in [3.8, 4) is 11.8 Å². The highest BCUT2D eigenvalue weighted by Gasteiger charge is 1.94. The summed E-state index contributed by atoms with van der Waals surface area (Å²) in [5.74, 6) is 6.28. The van der Waals surface area contributed by atoms with Gasteiger partial charge in [0.2, 0.25) is 0 Å². The van der Waals surface area contributed by atoms with Gasteiger partial charge in [0, 0.05) is 5.56 Å². The van der Waals surface area contributed by atoms with Crippen molar-refractivity contribution in [2.24, 2.45) is 0 Å². The Morgan fingerprint density at radius 3 is 2.76 bits per heavy atom. The molecule has 1 nitrogen and oxygen atoms in total. The van der Waals surface area contributed by atoms with Gasteiger partial charge in [-0.3, -0.25) is 0 Å². The number of thiophene rings is 1. The molecule has 0 aliphatic carbocycles. The average molecular weight is 240 g/mol. The summed E-state index contributed by atoms with van der Waals surface area (Å²) >= 11 is 1.63. The molecule has 0 saturated carbocycles. The van der Waals surface area contributed by atoms with Crippen molar-refractivity contribution in [1.82, 2.24) is 0 Å². The fourth-order valence-electron chi connectivity index (χ4n) is 1.41. The fraction of sp³-hybridized carbons (Fsp3) is 0.0667. The van der Waals surface area contributed by atoms with Crippen LogP contribution in [0.1, 0.15) is 16.0 Å². The third kappa shape index (κ3) is 3.32. The first-order valence-corrected chi connectivity index (χ1v) is 6.20. The van der Waals surface area contributed by atoms with E-state index in [1.54, 1.807) is 17.4 Å². The van der Waals surface area contributed by atoms with Crippen LogP contribution < -0.4 is 0 Å². The minimum absolute atomic E-state index is 0.0483. The lowest BCUT2D eigenvalue weighted by Gasteiger charge is -1.96. The van der Waals surface area contributed by atoms with E-state index in [2.05, 4.69) is 11.8 Å². The van der Waals surface area contributed by atoms with Crippen molar-refractivity contribution >= 4 is 17.4 Å². The Morgan fingerprint density at radius 1 is 1.12 bits per heavy atom. The lowest BCUT2D eigenvalue weighted by molar-refractivity contribution is 0.343. The SMILES string of the molecule is OC/C=C/c1ccccc1C#Cc1cccs1. The van der Waals surface area contributed by atoms with Gasteiger partial charge < -0.3 is 5.11 Å². The van der Waals surface area contributed by atoms with E-state index in [1.165, 1.54) is 0 Å². The largest absolute Gasteiger partial charge is 0.392 e. The average Bonchev–Trinajstić information content (AvgIpc) is 2.88. The quantitative estimate of drug-likeness (QED) is 0.799. The van der Waals surface area contributed by atoms with Crippen molar-refractivity contribution < 1.29 is 5.11 Å². The third-order valence-corrected chi connectivity index (χ3v) is 2.99. The summed E-state index contributed by atoms with van der Waals surface area (Å²) in [4.78, 5) is 1.06. The molecule has 0 amide bonds. The summed E-state index contributed by atoms with van der Waals surface area (Å²) < 4.78 is 0. The first kappa shape index (κ1) is 11.7. The number of aliphatic hydroxyl groups excluding tert-OH is 1. The van der Waals surface area contributed by atoms with E-state index < -0.39 is 0 Å². The highest BCUT2D eigenvalue weighted by atomic mass is 32.1. The van der Waals surface area contributed by atoms with E-state index in [1.807, 2.05) is 47.9 Å². The van der Waals surface area contributed by atoms with Crippen LogP contribution >= 0.6 is 11.3 Å². The van der Waals surface area contributed by atoms with E-state index in [4.69, 9.17) is 5.11 Å². The second-order valence-corrected chi connectivity index (χ2v) is 4.35. The molecular weight excluding hydrogens is 228 g/mol. The van der Waals surface area contributed by atoms with Crippen molar-refractivity contribution in [2.75, 3.05) is 6.61 Å². The van der Waals surface area contributed by atoms with Gasteiger partial charge >= 0.3 is 0 Å². The summed E-state index contributed by atoms with van der Waals surface area (Å²) in [5, 5.41) is 10.8. The van der Waals surface area contributed by atoms with Gasteiger partial charge in [0.25, 0.3) is 0 Å². The highest BCUT2D eigenvalue weighted by molar-refractivity contribution is 7.10. The lowest BCUT2D eigenvalue weighted by Crippen LogP contribution is -1.82. The van der Waals surface area contributed by atoms with E-state index in [0.717, 1.165) is 16.0 Å². The molecular formula is C15H12OS. The zero-order valence-corrected chi connectivity index (χ0v) is 10.1. The Morgan fingerprint density at radius 2 is 2.00 bits per heavy atom. The van der Waals surface area contributed by atoms with Gasteiger partial charge in [0.1, 0.15) is 0 Å². The maximum atomic E-state index is 8.78. The van der Waals surface area contributed by atoms with Gasteiger partial charge in [-0.15, -0.1) is 11.3 Å². The zero-order chi connectivity index (χ0) is 11.9. The topological polar surface area (TPSA) is 20.2 Å².